The number of benzene rings is 1. The van der Waals surface area contributed by atoms with Crippen molar-refractivity contribution in [2.24, 2.45) is 0 Å². The summed E-state index contributed by atoms with van der Waals surface area (Å²) in [4.78, 5) is 0. The summed E-state index contributed by atoms with van der Waals surface area (Å²) in [5, 5.41) is 5.02. The lowest BCUT2D eigenvalue weighted by Gasteiger charge is -2.39. The lowest BCUT2D eigenvalue weighted by molar-refractivity contribution is -0.0881. The van der Waals surface area contributed by atoms with E-state index < -0.39 is 0 Å². The van der Waals surface area contributed by atoms with Gasteiger partial charge in [-0.15, -0.1) is 0 Å². The Balaban J connectivity index is 1.99. The number of nitrogens with zero attached hydrogens (tertiary/aromatic N) is 2. The van der Waals surface area contributed by atoms with Crippen molar-refractivity contribution in [2.75, 3.05) is 41.6 Å². The van der Waals surface area contributed by atoms with Gasteiger partial charge in [0, 0.05) is 37.8 Å². The highest BCUT2D eigenvalue weighted by Crippen LogP contribution is 2.44. The largest absolute Gasteiger partial charge is 0.493 e. The molecule has 0 saturated carbocycles. The predicted octanol–water partition coefficient (Wildman–Crippen LogP) is 2.87. The Kier molecular flexibility index (Phi) is 6.27. The maximum atomic E-state index is 5.78. The first kappa shape index (κ1) is 19.3. The Morgan fingerprint density at radius 3 is 2.42 bits per heavy atom. The third-order valence-corrected chi connectivity index (χ3v) is 5.72. The van der Waals surface area contributed by atoms with E-state index in [4.69, 9.17) is 18.9 Å². The number of aryl methyl sites for hydroxylation is 1. The van der Waals surface area contributed by atoms with Crippen LogP contribution in [-0.4, -0.2) is 63.7 Å². The molecule has 0 N–H and O–H groups in total. The van der Waals surface area contributed by atoms with Gasteiger partial charge in [-0.1, -0.05) is 0 Å². The lowest BCUT2D eigenvalue weighted by atomic mass is 10.0. The molecule has 2 aliphatic rings. The highest BCUT2D eigenvalue weighted by Gasteiger charge is 2.35. The second-order valence-corrected chi connectivity index (χ2v) is 7.18. The average Bonchev–Trinajstić information content (AvgIpc) is 3.04. The van der Waals surface area contributed by atoms with Crippen LogP contribution >= 0.6 is 0 Å². The maximum absolute atomic E-state index is 5.78. The summed E-state index contributed by atoms with van der Waals surface area (Å²) in [5.41, 5.74) is 2.49. The molecular weight excluding hydrogens is 332 g/mol. The van der Waals surface area contributed by atoms with Crippen LogP contribution in [0.25, 0.3) is 0 Å². The van der Waals surface area contributed by atoms with Gasteiger partial charge in [-0.3, -0.25) is 0 Å². The maximum Gasteiger partial charge on any atom is 0.203 e. The fourth-order valence-corrected chi connectivity index (χ4v) is 4.36. The minimum Gasteiger partial charge on any atom is -0.493 e. The van der Waals surface area contributed by atoms with Crippen molar-refractivity contribution in [2.45, 2.75) is 51.2 Å². The van der Waals surface area contributed by atoms with E-state index in [0.717, 1.165) is 44.0 Å². The molecule has 0 aromatic heterocycles. The molecule has 0 aliphatic carbocycles. The van der Waals surface area contributed by atoms with Gasteiger partial charge >= 0.3 is 0 Å². The van der Waals surface area contributed by atoms with Gasteiger partial charge in [0.05, 0.1) is 27.9 Å². The highest BCUT2D eigenvalue weighted by atomic mass is 16.5. The molecule has 146 valence electrons. The van der Waals surface area contributed by atoms with E-state index in [1.54, 1.807) is 28.4 Å². The number of hydrogen-bond donors (Lipinski definition) is 0. The lowest BCUT2D eigenvalue weighted by Crippen LogP contribution is -2.50. The zero-order chi connectivity index (χ0) is 18.7. The van der Waals surface area contributed by atoms with Crippen LogP contribution in [0.3, 0.4) is 0 Å². The number of hydrazine groups is 1. The zero-order valence-corrected chi connectivity index (χ0v) is 16.7. The summed E-state index contributed by atoms with van der Waals surface area (Å²) in [6, 6.07) is 3.03. The van der Waals surface area contributed by atoms with E-state index in [0.29, 0.717) is 17.8 Å². The summed E-state index contributed by atoms with van der Waals surface area (Å²) >= 11 is 0. The molecule has 1 aromatic carbocycles. The molecule has 0 bridgehead atoms. The Hall–Kier alpha value is -1.50. The first-order valence-electron chi connectivity index (χ1n) is 9.47. The number of methoxy groups -OCH3 is 4. The van der Waals surface area contributed by atoms with Crippen molar-refractivity contribution >= 4 is 0 Å². The monoisotopic (exact) mass is 364 g/mol. The molecule has 1 aromatic rings. The van der Waals surface area contributed by atoms with Crippen LogP contribution in [0.1, 0.15) is 37.3 Å². The van der Waals surface area contributed by atoms with Crippen molar-refractivity contribution in [1.82, 2.24) is 10.0 Å². The molecule has 1 fully saturated rings. The average molecular weight is 364 g/mol. The van der Waals surface area contributed by atoms with Crippen LogP contribution < -0.4 is 14.2 Å². The molecule has 6 nitrogen and oxygen atoms in total. The van der Waals surface area contributed by atoms with Crippen LogP contribution in [0.4, 0.5) is 0 Å². The summed E-state index contributed by atoms with van der Waals surface area (Å²) in [6.07, 6.45) is 4.51. The van der Waals surface area contributed by atoms with E-state index in [-0.39, 0.29) is 0 Å². The van der Waals surface area contributed by atoms with Crippen LogP contribution in [-0.2, 0) is 17.7 Å². The molecule has 2 heterocycles. The van der Waals surface area contributed by atoms with Crippen molar-refractivity contribution in [3.05, 3.63) is 17.2 Å². The first-order chi connectivity index (χ1) is 12.6. The molecule has 2 aliphatic heterocycles. The summed E-state index contributed by atoms with van der Waals surface area (Å²) < 4.78 is 22.4. The number of rotatable bonds is 6. The van der Waals surface area contributed by atoms with E-state index >= 15 is 0 Å². The van der Waals surface area contributed by atoms with E-state index in [1.165, 1.54) is 24.0 Å². The molecular formula is C20H32N2O4. The van der Waals surface area contributed by atoms with Crippen LogP contribution in [0.2, 0.25) is 0 Å². The van der Waals surface area contributed by atoms with Gasteiger partial charge < -0.3 is 18.9 Å². The van der Waals surface area contributed by atoms with Crippen molar-refractivity contribution in [1.29, 1.82) is 0 Å². The number of fused-ring (bicyclic) bond motifs is 1. The number of ether oxygens (including phenoxy) is 4. The molecule has 1 saturated heterocycles. The Morgan fingerprint density at radius 2 is 1.77 bits per heavy atom. The van der Waals surface area contributed by atoms with Crippen molar-refractivity contribution in [3.63, 3.8) is 0 Å². The minimum absolute atomic E-state index is 0.454. The van der Waals surface area contributed by atoms with E-state index in [2.05, 4.69) is 23.0 Å². The van der Waals surface area contributed by atoms with Gasteiger partial charge in [0.25, 0.3) is 0 Å². The Morgan fingerprint density at radius 1 is 1.00 bits per heavy atom. The molecule has 26 heavy (non-hydrogen) atoms. The molecule has 3 rings (SSSR count). The third-order valence-electron chi connectivity index (χ3n) is 5.72. The van der Waals surface area contributed by atoms with Crippen LogP contribution in [0.15, 0.2) is 6.07 Å². The summed E-state index contributed by atoms with van der Waals surface area (Å²) in [5.74, 6) is 2.21. The predicted molar refractivity (Wildman–Crippen MR) is 101 cm³/mol. The normalized spacial score (nSPS) is 24.2. The summed E-state index contributed by atoms with van der Waals surface area (Å²) in [7, 11) is 6.84. The Labute approximate surface area is 156 Å². The molecule has 0 radical (unpaired) electrons. The first-order valence-corrected chi connectivity index (χ1v) is 9.47. The minimum atomic E-state index is 0.454. The third kappa shape index (κ3) is 3.50. The van der Waals surface area contributed by atoms with Gasteiger partial charge in [0.1, 0.15) is 0 Å². The van der Waals surface area contributed by atoms with E-state index in [1.807, 2.05) is 0 Å². The molecule has 0 unspecified atom stereocenters. The van der Waals surface area contributed by atoms with Crippen molar-refractivity contribution in [3.8, 4) is 17.2 Å². The quantitative estimate of drug-likeness (QED) is 0.773. The Bertz CT molecular complexity index is 622. The molecule has 0 amide bonds. The van der Waals surface area contributed by atoms with Gasteiger partial charge in [-0.05, 0) is 44.2 Å². The topological polar surface area (TPSA) is 43.4 Å². The summed E-state index contributed by atoms with van der Waals surface area (Å²) in [6.45, 7) is 5.00. The fraction of sp³-hybridized carbons (Fsp3) is 0.700. The van der Waals surface area contributed by atoms with Gasteiger partial charge in [-0.25, -0.2) is 10.0 Å². The van der Waals surface area contributed by atoms with Gasteiger partial charge in [0.15, 0.2) is 11.5 Å². The smallest absolute Gasteiger partial charge is 0.203 e. The fourth-order valence-electron chi connectivity index (χ4n) is 4.36. The molecule has 0 spiro atoms. The van der Waals surface area contributed by atoms with Crippen LogP contribution in [0.5, 0.6) is 17.2 Å². The SMILES string of the molecule is COC[C@@H]1CCCN1N1Cc2c(cc(OC)c(OC)c2OC)CC[C@H]1C. The molecule has 6 heteroatoms. The van der Waals surface area contributed by atoms with Crippen molar-refractivity contribution < 1.29 is 18.9 Å². The zero-order valence-electron chi connectivity index (χ0n) is 16.7. The van der Waals surface area contributed by atoms with Crippen LogP contribution in [0, 0.1) is 0 Å². The second kappa shape index (κ2) is 8.46. The highest BCUT2D eigenvalue weighted by molar-refractivity contribution is 5.59. The second-order valence-electron chi connectivity index (χ2n) is 7.18. The van der Waals surface area contributed by atoms with E-state index in [9.17, 15) is 0 Å². The number of hydrogen-bond acceptors (Lipinski definition) is 6. The van der Waals surface area contributed by atoms with Gasteiger partial charge in [-0.2, -0.15) is 0 Å². The molecule has 2 atom stereocenters. The van der Waals surface area contributed by atoms with Gasteiger partial charge in [0.2, 0.25) is 5.75 Å². The standard InChI is InChI=1S/C20H32N2O4/c1-14-8-9-15-11-18(24-3)20(26-5)19(25-4)17(15)12-22(14)21-10-6-7-16(21)13-23-2/h11,14,16H,6-10,12-13H2,1-5H3/t14-,16+/m1/s1.